The zero-order valence-corrected chi connectivity index (χ0v) is 13.2. The summed E-state index contributed by atoms with van der Waals surface area (Å²) in [6.07, 6.45) is 0. The molecule has 1 aromatic rings. The van der Waals surface area contributed by atoms with Gasteiger partial charge in [-0.2, -0.15) is 0 Å². The molecular weight excluding hydrogens is 448 g/mol. The second-order valence-corrected chi connectivity index (χ2v) is 5.57. The second-order valence-electron chi connectivity index (χ2n) is 2.34. The van der Waals surface area contributed by atoms with E-state index in [-0.39, 0.29) is 5.97 Å². The minimum atomic E-state index is -0.384. The average Bonchev–Trinajstić information content (AvgIpc) is 2.19. The van der Waals surface area contributed by atoms with E-state index >= 15 is 0 Å². The lowest BCUT2D eigenvalue weighted by Gasteiger charge is -2.07. The molecule has 0 aliphatic heterocycles. The normalized spacial score (nSPS) is 10.1. The highest BCUT2D eigenvalue weighted by Gasteiger charge is 2.17. The van der Waals surface area contributed by atoms with Crippen LogP contribution >= 0.6 is 63.7 Å². The number of ether oxygens (including phenoxy) is 1. The molecule has 1 aromatic carbocycles. The van der Waals surface area contributed by atoms with Crippen molar-refractivity contribution >= 4 is 69.7 Å². The molecule has 0 fully saturated rings. The van der Waals surface area contributed by atoms with Crippen LogP contribution < -0.4 is 0 Å². The van der Waals surface area contributed by atoms with Gasteiger partial charge in [0.25, 0.3) is 0 Å². The third kappa shape index (κ3) is 2.40. The quantitative estimate of drug-likeness (QED) is 0.356. The van der Waals surface area contributed by atoms with E-state index in [1.54, 1.807) is 6.07 Å². The summed E-state index contributed by atoms with van der Waals surface area (Å²) in [7, 11) is 1.35. The molecule has 1 rings (SSSR count). The highest BCUT2D eigenvalue weighted by molar-refractivity contribution is 9.15. The zero-order valence-electron chi connectivity index (χ0n) is 6.91. The maximum absolute atomic E-state index is 11.3. The second kappa shape index (κ2) is 5.09. The van der Waals surface area contributed by atoms with Gasteiger partial charge in [-0.3, -0.25) is 0 Å². The summed E-state index contributed by atoms with van der Waals surface area (Å²) in [4.78, 5) is 11.3. The molecule has 0 amide bonds. The fourth-order valence-corrected chi connectivity index (χ4v) is 3.01. The molecule has 0 aliphatic rings. The molecule has 0 spiro atoms. The van der Waals surface area contributed by atoms with Crippen LogP contribution in [0.4, 0.5) is 0 Å². The summed E-state index contributed by atoms with van der Waals surface area (Å²) in [6, 6.07) is 1.69. The molecule has 76 valence electrons. The predicted molar refractivity (Wildman–Crippen MR) is 68.6 cm³/mol. The van der Waals surface area contributed by atoms with Crippen LogP contribution in [0.1, 0.15) is 10.4 Å². The molecule has 0 bridgehead atoms. The Kier molecular flexibility index (Phi) is 4.61. The molecular formula is C8H4Br4O2. The Balaban J connectivity index is 3.40. The highest BCUT2D eigenvalue weighted by Crippen LogP contribution is 2.39. The third-order valence-corrected chi connectivity index (χ3v) is 6.17. The van der Waals surface area contributed by atoms with Crippen molar-refractivity contribution in [1.82, 2.24) is 0 Å². The van der Waals surface area contributed by atoms with Crippen LogP contribution in [0.2, 0.25) is 0 Å². The van der Waals surface area contributed by atoms with Gasteiger partial charge in [0.15, 0.2) is 0 Å². The van der Waals surface area contributed by atoms with E-state index in [1.807, 2.05) is 0 Å². The zero-order chi connectivity index (χ0) is 10.9. The SMILES string of the molecule is COC(=O)c1cc(Br)c(Br)c(Br)c1Br. The number of hydrogen-bond donors (Lipinski definition) is 0. The first-order valence-electron chi connectivity index (χ1n) is 3.40. The van der Waals surface area contributed by atoms with Crippen LogP contribution in [0.5, 0.6) is 0 Å². The van der Waals surface area contributed by atoms with Crippen molar-refractivity contribution in [3.8, 4) is 0 Å². The Hall–Kier alpha value is 0.610. The minimum Gasteiger partial charge on any atom is -0.465 e. The van der Waals surface area contributed by atoms with Crippen LogP contribution in [-0.2, 0) is 4.74 Å². The largest absolute Gasteiger partial charge is 0.465 e. The monoisotopic (exact) mass is 448 g/mol. The van der Waals surface area contributed by atoms with Gasteiger partial charge in [0.05, 0.1) is 12.7 Å². The van der Waals surface area contributed by atoms with Crippen molar-refractivity contribution in [2.45, 2.75) is 0 Å². The van der Waals surface area contributed by atoms with Gasteiger partial charge in [0, 0.05) is 17.9 Å². The fraction of sp³-hybridized carbons (Fsp3) is 0.125. The Morgan fingerprint density at radius 2 is 1.71 bits per heavy atom. The molecule has 0 saturated carbocycles. The molecule has 0 aromatic heterocycles. The van der Waals surface area contributed by atoms with E-state index in [0.29, 0.717) is 10.0 Å². The molecule has 6 heteroatoms. The lowest BCUT2D eigenvalue weighted by Crippen LogP contribution is -2.03. The van der Waals surface area contributed by atoms with Crippen LogP contribution in [0, 0.1) is 0 Å². The van der Waals surface area contributed by atoms with Crippen LogP contribution in [-0.4, -0.2) is 13.1 Å². The van der Waals surface area contributed by atoms with E-state index in [4.69, 9.17) is 0 Å². The molecule has 0 N–H and O–H groups in total. The first-order chi connectivity index (χ1) is 6.49. The summed E-state index contributed by atoms with van der Waals surface area (Å²) >= 11 is 13.3. The number of rotatable bonds is 1. The molecule has 0 radical (unpaired) electrons. The summed E-state index contributed by atoms with van der Waals surface area (Å²) in [5.74, 6) is -0.384. The van der Waals surface area contributed by atoms with Crippen molar-refractivity contribution in [3.05, 3.63) is 29.5 Å². The number of esters is 1. The molecule has 0 unspecified atom stereocenters. The van der Waals surface area contributed by atoms with Crippen LogP contribution in [0.25, 0.3) is 0 Å². The first kappa shape index (κ1) is 12.7. The molecule has 0 atom stereocenters. The van der Waals surface area contributed by atoms with Crippen LogP contribution in [0.15, 0.2) is 24.0 Å². The van der Waals surface area contributed by atoms with Gasteiger partial charge in [-0.15, -0.1) is 0 Å². The summed E-state index contributed by atoms with van der Waals surface area (Å²) in [6.45, 7) is 0. The minimum absolute atomic E-state index is 0.384. The maximum Gasteiger partial charge on any atom is 0.339 e. The number of hydrogen-bond acceptors (Lipinski definition) is 2. The summed E-state index contributed by atoms with van der Waals surface area (Å²) < 4.78 is 7.71. The average molecular weight is 452 g/mol. The Morgan fingerprint density at radius 1 is 1.14 bits per heavy atom. The van der Waals surface area contributed by atoms with Crippen molar-refractivity contribution in [1.29, 1.82) is 0 Å². The van der Waals surface area contributed by atoms with Gasteiger partial charge in [-0.1, -0.05) is 0 Å². The molecule has 0 heterocycles. The Labute approximate surface area is 115 Å². The number of halogens is 4. The molecule has 0 saturated heterocycles. The summed E-state index contributed by atoms with van der Waals surface area (Å²) in [5, 5.41) is 0. The Morgan fingerprint density at radius 3 is 2.21 bits per heavy atom. The van der Waals surface area contributed by atoms with Crippen molar-refractivity contribution in [3.63, 3.8) is 0 Å². The molecule has 2 nitrogen and oxygen atoms in total. The van der Waals surface area contributed by atoms with E-state index in [9.17, 15) is 4.79 Å². The fourth-order valence-electron chi connectivity index (χ4n) is 0.831. The summed E-state index contributed by atoms with van der Waals surface area (Å²) in [5.41, 5.74) is 0.467. The predicted octanol–water partition coefficient (Wildman–Crippen LogP) is 4.52. The number of benzene rings is 1. The number of carbonyl (C=O) groups is 1. The number of carbonyl (C=O) groups excluding carboxylic acids is 1. The highest BCUT2D eigenvalue weighted by atomic mass is 79.9. The van der Waals surface area contributed by atoms with E-state index < -0.39 is 0 Å². The smallest absolute Gasteiger partial charge is 0.339 e. The van der Waals surface area contributed by atoms with Crippen LogP contribution in [0.3, 0.4) is 0 Å². The standard InChI is InChI=1S/C8H4Br4O2/c1-14-8(13)3-2-4(9)6(11)7(12)5(3)10/h2H,1H3. The van der Waals surface area contributed by atoms with E-state index in [1.165, 1.54) is 7.11 Å². The Bertz CT molecular complexity index is 389. The van der Waals surface area contributed by atoms with Gasteiger partial charge in [0.2, 0.25) is 0 Å². The van der Waals surface area contributed by atoms with Gasteiger partial charge in [0.1, 0.15) is 0 Å². The number of methoxy groups -OCH3 is 1. The maximum atomic E-state index is 11.3. The van der Waals surface area contributed by atoms with Gasteiger partial charge >= 0.3 is 5.97 Å². The van der Waals surface area contributed by atoms with Crippen molar-refractivity contribution in [2.24, 2.45) is 0 Å². The van der Waals surface area contributed by atoms with E-state index in [2.05, 4.69) is 68.5 Å². The van der Waals surface area contributed by atoms with Gasteiger partial charge in [-0.05, 0) is 69.8 Å². The van der Waals surface area contributed by atoms with Crippen molar-refractivity contribution in [2.75, 3.05) is 7.11 Å². The molecule has 0 aliphatic carbocycles. The van der Waals surface area contributed by atoms with Gasteiger partial charge < -0.3 is 4.74 Å². The third-order valence-electron chi connectivity index (χ3n) is 1.51. The first-order valence-corrected chi connectivity index (χ1v) is 6.57. The lowest BCUT2D eigenvalue weighted by atomic mass is 10.2. The van der Waals surface area contributed by atoms with E-state index in [0.717, 1.165) is 13.4 Å². The lowest BCUT2D eigenvalue weighted by molar-refractivity contribution is 0.0599. The van der Waals surface area contributed by atoms with Gasteiger partial charge in [-0.25, -0.2) is 4.79 Å². The van der Waals surface area contributed by atoms with Crippen molar-refractivity contribution < 1.29 is 9.53 Å². The molecule has 14 heavy (non-hydrogen) atoms. The topological polar surface area (TPSA) is 26.3 Å².